The molecule has 2 aromatic rings. The second-order valence-corrected chi connectivity index (χ2v) is 4.47. The van der Waals surface area contributed by atoms with Crippen molar-refractivity contribution < 1.29 is 0 Å². The zero-order valence-corrected chi connectivity index (χ0v) is 11.6. The molecular weight excluding hydrogens is 250 g/mol. The molecule has 2 heterocycles. The quantitative estimate of drug-likeness (QED) is 0.901. The van der Waals surface area contributed by atoms with Crippen molar-refractivity contribution in [1.29, 1.82) is 0 Å². The Kier molecular flexibility index (Phi) is 4.04. The van der Waals surface area contributed by atoms with Crippen molar-refractivity contribution in [2.45, 2.75) is 26.4 Å². The van der Waals surface area contributed by atoms with E-state index in [1.165, 1.54) is 0 Å². The molecule has 0 aliphatic heterocycles. The van der Waals surface area contributed by atoms with Gasteiger partial charge in [-0.15, -0.1) is 0 Å². The van der Waals surface area contributed by atoms with Crippen molar-refractivity contribution in [1.82, 2.24) is 24.9 Å². The van der Waals surface area contributed by atoms with Gasteiger partial charge < -0.3 is 5.32 Å². The van der Waals surface area contributed by atoms with Gasteiger partial charge in [0.2, 0.25) is 0 Å². The molecule has 2 aromatic heterocycles. The summed E-state index contributed by atoms with van der Waals surface area (Å²) in [5, 5.41) is 12.6. The highest BCUT2D eigenvalue weighted by molar-refractivity contribution is 6.31. The van der Waals surface area contributed by atoms with E-state index in [9.17, 15) is 0 Å². The minimum absolute atomic E-state index is 0.0115. The molecule has 0 fully saturated rings. The summed E-state index contributed by atoms with van der Waals surface area (Å²) in [7, 11) is 1.93. The first kappa shape index (κ1) is 13.1. The van der Waals surface area contributed by atoms with Crippen LogP contribution in [0.3, 0.4) is 0 Å². The predicted molar refractivity (Wildman–Crippen MR) is 71.6 cm³/mol. The van der Waals surface area contributed by atoms with Gasteiger partial charge in [-0.25, -0.2) is 0 Å². The SMILES string of the molecule is CCNC(c1ccnn1C)c1c(Cl)cnn1CC. The highest BCUT2D eigenvalue weighted by atomic mass is 35.5. The molecule has 0 bridgehead atoms. The number of aromatic nitrogens is 4. The monoisotopic (exact) mass is 267 g/mol. The Bertz CT molecular complexity index is 516. The van der Waals surface area contributed by atoms with Gasteiger partial charge in [0.25, 0.3) is 0 Å². The summed E-state index contributed by atoms with van der Waals surface area (Å²) in [4.78, 5) is 0. The molecule has 98 valence electrons. The topological polar surface area (TPSA) is 47.7 Å². The van der Waals surface area contributed by atoms with Gasteiger partial charge in [0, 0.05) is 19.8 Å². The van der Waals surface area contributed by atoms with Crippen molar-refractivity contribution in [3.63, 3.8) is 0 Å². The molecule has 0 saturated carbocycles. The summed E-state index contributed by atoms with van der Waals surface area (Å²) >= 11 is 6.27. The van der Waals surface area contributed by atoms with Crippen LogP contribution in [0.25, 0.3) is 0 Å². The van der Waals surface area contributed by atoms with Crippen LogP contribution in [-0.2, 0) is 13.6 Å². The summed E-state index contributed by atoms with van der Waals surface area (Å²) in [6.45, 7) is 5.77. The van der Waals surface area contributed by atoms with Crippen molar-refractivity contribution in [2.75, 3.05) is 6.54 Å². The van der Waals surface area contributed by atoms with E-state index >= 15 is 0 Å². The summed E-state index contributed by atoms with van der Waals surface area (Å²) in [6, 6.07) is 2.01. The maximum atomic E-state index is 6.27. The van der Waals surface area contributed by atoms with Gasteiger partial charge >= 0.3 is 0 Å². The minimum atomic E-state index is 0.0115. The van der Waals surface area contributed by atoms with E-state index in [4.69, 9.17) is 11.6 Å². The van der Waals surface area contributed by atoms with Crippen LogP contribution in [0.5, 0.6) is 0 Å². The van der Waals surface area contributed by atoms with E-state index in [0.29, 0.717) is 5.02 Å². The standard InChI is InChI=1S/C12H18ClN5/c1-4-14-11(10-6-7-15-17(10)3)12-9(13)8-16-18(12)5-2/h6-8,11,14H,4-5H2,1-3H3. The molecule has 1 unspecified atom stereocenters. The number of aryl methyl sites for hydroxylation is 2. The van der Waals surface area contributed by atoms with Gasteiger partial charge in [-0.2, -0.15) is 10.2 Å². The molecule has 0 saturated heterocycles. The van der Waals surface area contributed by atoms with Crippen molar-refractivity contribution in [3.8, 4) is 0 Å². The Labute approximate surface area is 112 Å². The fraction of sp³-hybridized carbons (Fsp3) is 0.500. The van der Waals surface area contributed by atoms with E-state index in [1.54, 1.807) is 12.4 Å². The van der Waals surface area contributed by atoms with Crippen LogP contribution in [0, 0.1) is 0 Å². The molecule has 1 atom stereocenters. The number of nitrogens with zero attached hydrogens (tertiary/aromatic N) is 4. The van der Waals surface area contributed by atoms with Gasteiger partial charge in [-0.3, -0.25) is 9.36 Å². The molecule has 6 heteroatoms. The number of halogens is 1. The van der Waals surface area contributed by atoms with Crippen LogP contribution in [0.4, 0.5) is 0 Å². The Balaban J connectivity index is 2.47. The summed E-state index contributed by atoms with van der Waals surface area (Å²) in [5.41, 5.74) is 2.07. The maximum absolute atomic E-state index is 6.27. The molecule has 0 aliphatic rings. The molecule has 0 radical (unpaired) electrons. The van der Waals surface area contributed by atoms with Gasteiger partial charge in [-0.05, 0) is 19.5 Å². The maximum Gasteiger partial charge on any atom is 0.0933 e. The molecule has 0 amide bonds. The third kappa shape index (κ3) is 2.28. The average molecular weight is 268 g/mol. The van der Waals surface area contributed by atoms with Crippen molar-refractivity contribution in [3.05, 3.63) is 34.9 Å². The summed E-state index contributed by atoms with van der Waals surface area (Å²) < 4.78 is 3.78. The highest BCUT2D eigenvalue weighted by Gasteiger charge is 2.23. The van der Waals surface area contributed by atoms with Gasteiger partial charge in [0.1, 0.15) is 0 Å². The van der Waals surface area contributed by atoms with E-state index in [0.717, 1.165) is 24.5 Å². The highest BCUT2D eigenvalue weighted by Crippen LogP contribution is 2.27. The van der Waals surface area contributed by atoms with Crippen LogP contribution >= 0.6 is 11.6 Å². The van der Waals surface area contributed by atoms with Crippen molar-refractivity contribution in [2.24, 2.45) is 7.05 Å². The Morgan fingerprint density at radius 2 is 2.17 bits per heavy atom. The fourth-order valence-electron chi connectivity index (χ4n) is 2.12. The first-order valence-corrected chi connectivity index (χ1v) is 6.49. The molecule has 0 aliphatic carbocycles. The molecule has 5 nitrogen and oxygen atoms in total. The van der Waals surface area contributed by atoms with E-state index in [-0.39, 0.29) is 6.04 Å². The largest absolute Gasteiger partial charge is 0.304 e. The smallest absolute Gasteiger partial charge is 0.0933 e. The van der Waals surface area contributed by atoms with Crippen LogP contribution in [0.2, 0.25) is 5.02 Å². The first-order valence-electron chi connectivity index (χ1n) is 6.11. The molecule has 0 spiro atoms. The Morgan fingerprint density at radius 3 is 2.72 bits per heavy atom. The lowest BCUT2D eigenvalue weighted by Crippen LogP contribution is -2.27. The van der Waals surface area contributed by atoms with Gasteiger partial charge in [-0.1, -0.05) is 18.5 Å². The van der Waals surface area contributed by atoms with Crippen LogP contribution in [0.1, 0.15) is 31.3 Å². The van der Waals surface area contributed by atoms with E-state index in [1.807, 2.05) is 22.5 Å². The number of nitrogens with one attached hydrogen (secondary N) is 1. The summed E-state index contributed by atoms with van der Waals surface area (Å²) in [5.74, 6) is 0. The zero-order chi connectivity index (χ0) is 13.1. The third-order valence-electron chi connectivity index (χ3n) is 2.97. The summed E-state index contributed by atoms with van der Waals surface area (Å²) in [6.07, 6.45) is 3.49. The van der Waals surface area contributed by atoms with Crippen LogP contribution < -0.4 is 5.32 Å². The van der Waals surface area contributed by atoms with E-state index < -0.39 is 0 Å². The van der Waals surface area contributed by atoms with E-state index in [2.05, 4.69) is 29.4 Å². The molecule has 18 heavy (non-hydrogen) atoms. The molecular formula is C12H18ClN5. The second-order valence-electron chi connectivity index (χ2n) is 4.06. The third-order valence-corrected chi connectivity index (χ3v) is 3.26. The number of rotatable bonds is 5. The zero-order valence-electron chi connectivity index (χ0n) is 10.9. The fourth-order valence-corrected chi connectivity index (χ4v) is 2.37. The molecule has 0 aromatic carbocycles. The lowest BCUT2D eigenvalue weighted by Gasteiger charge is -2.20. The number of hydrogen-bond acceptors (Lipinski definition) is 3. The van der Waals surface area contributed by atoms with Gasteiger partial charge in [0.05, 0.1) is 28.6 Å². The lowest BCUT2D eigenvalue weighted by atomic mass is 10.1. The van der Waals surface area contributed by atoms with Crippen molar-refractivity contribution >= 4 is 11.6 Å². The average Bonchev–Trinajstić information content (AvgIpc) is 2.93. The Hall–Kier alpha value is -1.33. The van der Waals surface area contributed by atoms with Crippen LogP contribution in [0.15, 0.2) is 18.5 Å². The normalized spacial score (nSPS) is 12.9. The Morgan fingerprint density at radius 1 is 1.39 bits per heavy atom. The molecule has 2 rings (SSSR count). The first-order chi connectivity index (χ1) is 8.69. The van der Waals surface area contributed by atoms with Crippen LogP contribution in [-0.4, -0.2) is 26.1 Å². The second kappa shape index (κ2) is 5.54. The number of hydrogen-bond donors (Lipinski definition) is 1. The van der Waals surface area contributed by atoms with Gasteiger partial charge in [0.15, 0.2) is 0 Å². The minimum Gasteiger partial charge on any atom is -0.304 e. The lowest BCUT2D eigenvalue weighted by molar-refractivity contribution is 0.515. The predicted octanol–water partition coefficient (Wildman–Crippen LogP) is 1.99. The molecule has 1 N–H and O–H groups in total.